The summed E-state index contributed by atoms with van der Waals surface area (Å²) in [7, 11) is 2.06. The molecule has 1 heterocycles. The first-order valence-corrected chi connectivity index (χ1v) is 6.13. The molecular weight excluding hydrogens is 210 g/mol. The van der Waals surface area contributed by atoms with E-state index < -0.39 is 0 Å². The molecule has 1 aliphatic heterocycles. The Morgan fingerprint density at radius 1 is 1.53 bits per heavy atom. The number of hydrogen-bond donors (Lipinski definition) is 2. The average molecular weight is 231 g/mol. The molecule has 0 spiro atoms. The summed E-state index contributed by atoms with van der Waals surface area (Å²) in [5, 5.41) is 3.42. The van der Waals surface area contributed by atoms with E-state index in [0.29, 0.717) is 6.67 Å². The van der Waals surface area contributed by atoms with Gasteiger partial charge in [-0.1, -0.05) is 18.7 Å². The molecule has 1 fully saturated rings. The van der Waals surface area contributed by atoms with Crippen LogP contribution in [0.5, 0.6) is 0 Å². The summed E-state index contributed by atoms with van der Waals surface area (Å²) in [6, 6.07) is 0. The van der Waals surface area contributed by atoms with E-state index in [1.54, 1.807) is 0 Å². The average Bonchev–Trinajstić information content (AvgIpc) is 2.27. The first-order valence-electron chi connectivity index (χ1n) is 6.13. The van der Waals surface area contributed by atoms with Crippen molar-refractivity contribution in [3.8, 4) is 0 Å². The Hall–Kier alpha value is -1.32. The molecule has 0 radical (unpaired) electrons. The monoisotopic (exact) mass is 231 g/mol. The Morgan fingerprint density at radius 2 is 2.29 bits per heavy atom. The molecule has 0 amide bonds. The predicted molar refractivity (Wildman–Crippen MR) is 72.0 cm³/mol. The van der Waals surface area contributed by atoms with Gasteiger partial charge in [0.1, 0.15) is 0 Å². The minimum atomic E-state index is 0.110. The maximum absolute atomic E-state index is 5.64. The molecule has 3 nitrogen and oxygen atoms in total. The highest BCUT2D eigenvalue weighted by atomic mass is 15.1. The van der Waals surface area contributed by atoms with E-state index in [-0.39, 0.29) is 5.54 Å². The number of likely N-dealkylation sites (N-methyl/N-ethyl adjacent to an activating group) is 1. The van der Waals surface area contributed by atoms with E-state index in [9.17, 15) is 0 Å². The molecule has 0 saturated heterocycles. The van der Waals surface area contributed by atoms with Gasteiger partial charge >= 0.3 is 0 Å². The number of nitrogens with one attached hydrogen (secondary N) is 1. The summed E-state index contributed by atoms with van der Waals surface area (Å²) < 4.78 is 0. The fraction of sp³-hybridized carbons (Fsp3) is 0.429. The maximum Gasteiger partial charge on any atom is 0.0459 e. The maximum atomic E-state index is 5.64. The minimum absolute atomic E-state index is 0.110. The third-order valence-electron chi connectivity index (χ3n) is 3.66. The van der Waals surface area contributed by atoms with E-state index >= 15 is 0 Å². The lowest BCUT2D eigenvalue weighted by Crippen LogP contribution is -2.54. The quantitative estimate of drug-likeness (QED) is 0.726. The van der Waals surface area contributed by atoms with Crippen molar-refractivity contribution in [1.29, 1.82) is 0 Å². The van der Waals surface area contributed by atoms with Gasteiger partial charge in [-0.05, 0) is 37.0 Å². The van der Waals surface area contributed by atoms with Crippen LogP contribution in [-0.2, 0) is 0 Å². The van der Waals surface area contributed by atoms with E-state index in [4.69, 9.17) is 5.73 Å². The zero-order valence-electron chi connectivity index (χ0n) is 10.4. The lowest BCUT2D eigenvalue weighted by molar-refractivity contribution is 0.233. The van der Waals surface area contributed by atoms with E-state index in [2.05, 4.69) is 42.2 Å². The second kappa shape index (κ2) is 4.90. The van der Waals surface area contributed by atoms with Gasteiger partial charge in [-0.15, -0.1) is 0 Å². The van der Waals surface area contributed by atoms with Gasteiger partial charge in [-0.3, -0.25) is 5.32 Å². The van der Waals surface area contributed by atoms with Crippen LogP contribution in [0.3, 0.4) is 0 Å². The zero-order valence-corrected chi connectivity index (χ0v) is 10.4. The summed E-state index contributed by atoms with van der Waals surface area (Å²) in [5.74, 6) is 0. The van der Waals surface area contributed by atoms with Gasteiger partial charge in [0.15, 0.2) is 0 Å². The molecule has 0 aromatic carbocycles. The van der Waals surface area contributed by atoms with Crippen LogP contribution >= 0.6 is 0 Å². The smallest absolute Gasteiger partial charge is 0.0459 e. The van der Waals surface area contributed by atoms with Crippen molar-refractivity contribution >= 4 is 0 Å². The van der Waals surface area contributed by atoms with Gasteiger partial charge < -0.3 is 10.6 Å². The lowest BCUT2D eigenvalue weighted by atomic mass is 9.71. The van der Waals surface area contributed by atoms with Crippen molar-refractivity contribution < 1.29 is 0 Å². The van der Waals surface area contributed by atoms with Crippen LogP contribution in [0.4, 0.5) is 0 Å². The van der Waals surface area contributed by atoms with Gasteiger partial charge in [0, 0.05) is 31.2 Å². The van der Waals surface area contributed by atoms with Crippen LogP contribution in [0.1, 0.15) is 19.3 Å². The van der Waals surface area contributed by atoms with Crippen molar-refractivity contribution in [1.82, 2.24) is 10.2 Å². The molecule has 3 heteroatoms. The van der Waals surface area contributed by atoms with Gasteiger partial charge in [-0.2, -0.15) is 0 Å². The summed E-state index contributed by atoms with van der Waals surface area (Å²) >= 11 is 0. The zero-order chi connectivity index (χ0) is 12.3. The summed E-state index contributed by atoms with van der Waals surface area (Å²) in [4.78, 5) is 2.13. The number of nitrogens with two attached hydrogens (primary N) is 1. The second-order valence-corrected chi connectivity index (χ2v) is 4.67. The van der Waals surface area contributed by atoms with Crippen LogP contribution in [0, 0.1) is 0 Å². The molecular formula is C14H21N3. The summed E-state index contributed by atoms with van der Waals surface area (Å²) in [5.41, 5.74) is 8.24. The molecule has 1 aliphatic carbocycles. The summed E-state index contributed by atoms with van der Waals surface area (Å²) in [6.45, 7) is 4.26. The fourth-order valence-electron chi connectivity index (χ4n) is 2.49. The first-order chi connectivity index (χ1) is 8.22. The van der Waals surface area contributed by atoms with Gasteiger partial charge in [0.25, 0.3) is 0 Å². The summed E-state index contributed by atoms with van der Waals surface area (Å²) in [6.07, 6.45) is 14.0. The molecule has 0 unspecified atom stereocenters. The van der Waals surface area contributed by atoms with Crippen LogP contribution in [-0.4, -0.2) is 24.2 Å². The Balaban J connectivity index is 2.19. The second-order valence-electron chi connectivity index (χ2n) is 4.67. The first kappa shape index (κ1) is 12.1. The fourth-order valence-corrected chi connectivity index (χ4v) is 2.49. The lowest BCUT2D eigenvalue weighted by Gasteiger charge is -2.45. The topological polar surface area (TPSA) is 41.3 Å². The molecule has 17 heavy (non-hydrogen) atoms. The van der Waals surface area contributed by atoms with Crippen molar-refractivity contribution in [3.05, 3.63) is 48.4 Å². The molecule has 92 valence electrons. The van der Waals surface area contributed by atoms with Gasteiger partial charge in [-0.25, -0.2) is 0 Å². The van der Waals surface area contributed by atoms with Crippen LogP contribution in [0.2, 0.25) is 0 Å². The van der Waals surface area contributed by atoms with Crippen LogP contribution in [0.25, 0.3) is 0 Å². The van der Waals surface area contributed by atoms with Crippen molar-refractivity contribution in [2.24, 2.45) is 5.73 Å². The van der Waals surface area contributed by atoms with Crippen LogP contribution < -0.4 is 11.1 Å². The van der Waals surface area contributed by atoms with Gasteiger partial charge in [0.2, 0.25) is 0 Å². The minimum Gasteiger partial charge on any atom is -0.351 e. The molecule has 2 rings (SSSR count). The predicted octanol–water partition coefficient (Wildman–Crippen LogP) is 1.87. The third kappa shape index (κ3) is 2.21. The van der Waals surface area contributed by atoms with Crippen molar-refractivity contribution in [2.75, 3.05) is 13.7 Å². The number of allylic oxidation sites excluding steroid dienone is 3. The molecule has 0 bridgehead atoms. The Morgan fingerprint density at radius 3 is 2.76 bits per heavy atom. The molecule has 2 aliphatic rings. The number of hydrogen-bond acceptors (Lipinski definition) is 3. The normalized spacial score (nSPS) is 24.5. The van der Waals surface area contributed by atoms with Crippen LogP contribution in [0.15, 0.2) is 48.4 Å². The number of nitrogens with zero attached hydrogens (tertiary/aromatic N) is 1. The van der Waals surface area contributed by atoms with E-state index in [1.807, 2.05) is 12.2 Å². The highest BCUT2D eigenvalue weighted by Gasteiger charge is 2.39. The van der Waals surface area contributed by atoms with Gasteiger partial charge in [0.05, 0.1) is 0 Å². The molecule has 0 aromatic heterocycles. The SMILES string of the molecule is C=C/C=C1/C=CC(C2(NCN)CCC2)=CN1C. The molecule has 3 N–H and O–H groups in total. The molecule has 1 saturated carbocycles. The molecule has 0 atom stereocenters. The number of rotatable bonds is 4. The Bertz CT molecular complexity index is 386. The molecule has 0 aromatic rings. The Kier molecular flexibility index (Phi) is 3.50. The standard InChI is InChI=1S/C14H21N3/c1-3-5-13-7-6-12(10-17(13)2)14(16-11-15)8-4-9-14/h3,5-7,10,16H,1,4,8-9,11,15H2,2H3/b13-5-. The third-order valence-corrected chi connectivity index (χ3v) is 3.66. The highest BCUT2D eigenvalue weighted by molar-refractivity contribution is 5.42. The highest BCUT2D eigenvalue weighted by Crippen LogP contribution is 2.40. The Labute approximate surface area is 103 Å². The van der Waals surface area contributed by atoms with E-state index in [1.165, 1.54) is 24.8 Å². The van der Waals surface area contributed by atoms with Crippen molar-refractivity contribution in [2.45, 2.75) is 24.8 Å². The van der Waals surface area contributed by atoms with Crippen molar-refractivity contribution in [3.63, 3.8) is 0 Å². The van der Waals surface area contributed by atoms with E-state index in [0.717, 1.165) is 5.70 Å². The largest absolute Gasteiger partial charge is 0.351 e.